The number of urea groups is 1. The second-order valence-corrected chi connectivity index (χ2v) is 7.81. The van der Waals surface area contributed by atoms with E-state index < -0.39 is 0 Å². The van der Waals surface area contributed by atoms with Crippen molar-refractivity contribution < 1.29 is 19.1 Å². The summed E-state index contributed by atoms with van der Waals surface area (Å²) in [4.78, 5) is 26.6. The number of halogens is 1. The maximum absolute atomic E-state index is 12.8. The smallest absolute Gasteiger partial charge is 0.329 e. The highest BCUT2D eigenvalue weighted by Crippen LogP contribution is 2.35. The van der Waals surface area contributed by atoms with E-state index in [1.54, 1.807) is 6.08 Å². The van der Waals surface area contributed by atoms with Gasteiger partial charge in [0.15, 0.2) is 11.5 Å². The number of carbonyl (C=O) groups is 2. The topological polar surface area (TPSA) is 67.9 Å². The third-order valence-corrected chi connectivity index (χ3v) is 5.58. The van der Waals surface area contributed by atoms with Crippen molar-refractivity contribution >= 4 is 40.6 Å². The summed E-state index contributed by atoms with van der Waals surface area (Å²) in [5, 5.41) is 2.73. The minimum Gasteiger partial charge on any atom is -0.490 e. The number of imide groups is 1. The van der Waals surface area contributed by atoms with Gasteiger partial charge < -0.3 is 14.8 Å². The van der Waals surface area contributed by atoms with Crippen LogP contribution in [0.3, 0.4) is 0 Å². The van der Waals surface area contributed by atoms with Gasteiger partial charge in [-0.1, -0.05) is 19.3 Å². The molecule has 3 amide bonds. The first-order valence-corrected chi connectivity index (χ1v) is 10.6. The molecule has 0 radical (unpaired) electrons. The zero-order valence-electron chi connectivity index (χ0n) is 15.7. The maximum Gasteiger partial charge on any atom is 0.329 e. The SMILES string of the molecule is CCOc1cc(/C=C2\NC(=O)N(C3CCCCC3)C2=O)cc(I)c1OCC. The molecule has 1 aliphatic heterocycles. The number of ether oxygens (including phenoxy) is 2. The average molecular weight is 484 g/mol. The minimum absolute atomic E-state index is 0.0107. The van der Waals surface area contributed by atoms with E-state index in [9.17, 15) is 9.59 Å². The fraction of sp³-hybridized carbons (Fsp3) is 0.500. The Kier molecular flexibility index (Phi) is 6.62. The van der Waals surface area contributed by atoms with Crippen molar-refractivity contribution in [3.05, 3.63) is 27.0 Å². The monoisotopic (exact) mass is 484 g/mol. The lowest BCUT2D eigenvalue weighted by molar-refractivity contribution is -0.124. The predicted octanol–water partition coefficient (Wildman–Crippen LogP) is 4.31. The van der Waals surface area contributed by atoms with Crippen LogP contribution in [0.15, 0.2) is 17.8 Å². The highest BCUT2D eigenvalue weighted by Gasteiger charge is 2.38. The molecule has 1 aromatic carbocycles. The van der Waals surface area contributed by atoms with E-state index >= 15 is 0 Å². The summed E-state index contributed by atoms with van der Waals surface area (Å²) in [5.41, 5.74) is 1.11. The van der Waals surface area contributed by atoms with Gasteiger partial charge in [-0.2, -0.15) is 0 Å². The molecule has 1 saturated carbocycles. The Morgan fingerprint density at radius 3 is 2.52 bits per heavy atom. The Morgan fingerprint density at radius 2 is 1.85 bits per heavy atom. The number of benzene rings is 1. The lowest BCUT2D eigenvalue weighted by atomic mass is 9.94. The van der Waals surface area contributed by atoms with Crippen LogP contribution in [0.25, 0.3) is 6.08 Å². The van der Waals surface area contributed by atoms with Gasteiger partial charge >= 0.3 is 6.03 Å². The molecule has 7 heteroatoms. The second kappa shape index (κ2) is 8.95. The van der Waals surface area contributed by atoms with Crippen molar-refractivity contribution in [2.24, 2.45) is 0 Å². The van der Waals surface area contributed by atoms with E-state index in [1.807, 2.05) is 26.0 Å². The Bertz CT molecular complexity index is 757. The third-order valence-electron chi connectivity index (χ3n) is 4.78. The highest BCUT2D eigenvalue weighted by atomic mass is 127. The minimum atomic E-state index is -0.316. The Morgan fingerprint density at radius 1 is 1.15 bits per heavy atom. The molecule has 1 aromatic rings. The number of rotatable bonds is 6. The average Bonchev–Trinajstić information content (AvgIpc) is 2.92. The van der Waals surface area contributed by atoms with Crippen molar-refractivity contribution in [1.29, 1.82) is 0 Å². The van der Waals surface area contributed by atoms with Crippen LogP contribution in [0, 0.1) is 3.57 Å². The van der Waals surface area contributed by atoms with Crippen molar-refractivity contribution in [1.82, 2.24) is 10.2 Å². The molecule has 0 atom stereocenters. The summed E-state index contributed by atoms with van der Waals surface area (Å²) in [6, 6.07) is 3.45. The molecular formula is C20H25IN2O4. The summed E-state index contributed by atoms with van der Waals surface area (Å²) in [6.45, 7) is 4.90. The van der Waals surface area contributed by atoms with Crippen LogP contribution >= 0.6 is 22.6 Å². The normalized spacial score (nSPS) is 19.5. The molecule has 0 aromatic heterocycles. The Hall–Kier alpha value is -1.77. The highest BCUT2D eigenvalue weighted by molar-refractivity contribution is 14.1. The number of nitrogens with one attached hydrogen (secondary N) is 1. The van der Waals surface area contributed by atoms with Crippen LogP contribution in [-0.4, -0.2) is 36.1 Å². The molecule has 27 heavy (non-hydrogen) atoms. The van der Waals surface area contributed by atoms with Gasteiger partial charge in [0.25, 0.3) is 5.91 Å². The lowest BCUT2D eigenvalue weighted by Gasteiger charge is -2.28. The number of nitrogens with zero attached hydrogens (tertiary/aromatic N) is 1. The Balaban J connectivity index is 1.87. The maximum atomic E-state index is 12.8. The van der Waals surface area contributed by atoms with Crippen LogP contribution in [0.2, 0.25) is 0 Å². The summed E-state index contributed by atoms with van der Waals surface area (Å²) < 4.78 is 12.3. The van der Waals surface area contributed by atoms with E-state index in [2.05, 4.69) is 27.9 Å². The van der Waals surface area contributed by atoms with E-state index in [4.69, 9.17) is 9.47 Å². The van der Waals surface area contributed by atoms with Crippen molar-refractivity contribution in [2.75, 3.05) is 13.2 Å². The summed E-state index contributed by atoms with van der Waals surface area (Å²) in [5.74, 6) is 1.10. The summed E-state index contributed by atoms with van der Waals surface area (Å²) >= 11 is 2.19. The molecule has 0 bridgehead atoms. The van der Waals surface area contributed by atoms with E-state index in [0.717, 1.165) is 34.8 Å². The van der Waals surface area contributed by atoms with Gasteiger partial charge in [0, 0.05) is 6.04 Å². The van der Waals surface area contributed by atoms with Crippen molar-refractivity contribution in [3.63, 3.8) is 0 Å². The van der Waals surface area contributed by atoms with E-state index in [-0.39, 0.29) is 18.0 Å². The van der Waals surface area contributed by atoms with Crippen LogP contribution in [0.5, 0.6) is 11.5 Å². The molecule has 146 valence electrons. The third kappa shape index (κ3) is 4.39. The molecule has 0 spiro atoms. The largest absolute Gasteiger partial charge is 0.490 e. The molecule has 0 unspecified atom stereocenters. The zero-order chi connectivity index (χ0) is 19.4. The lowest BCUT2D eigenvalue weighted by Crippen LogP contribution is -2.41. The zero-order valence-corrected chi connectivity index (χ0v) is 17.9. The molecule has 1 aliphatic carbocycles. The van der Waals surface area contributed by atoms with Crippen molar-refractivity contribution in [3.8, 4) is 11.5 Å². The molecule has 6 nitrogen and oxygen atoms in total. The van der Waals surface area contributed by atoms with Gasteiger partial charge in [-0.25, -0.2) is 4.79 Å². The van der Waals surface area contributed by atoms with E-state index in [0.29, 0.717) is 30.4 Å². The molecule has 3 rings (SSSR count). The molecule has 1 N–H and O–H groups in total. The predicted molar refractivity (Wildman–Crippen MR) is 112 cm³/mol. The van der Waals surface area contributed by atoms with Crippen LogP contribution in [0.4, 0.5) is 4.79 Å². The number of carbonyl (C=O) groups excluding carboxylic acids is 2. The Labute approximate surface area is 173 Å². The standard InChI is InChI=1S/C20H25IN2O4/c1-3-26-17-12-13(10-15(21)18(17)27-4-2)11-16-19(24)23(20(25)22-16)14-8-6-5-7-9-14/h10-12,14H,3-9H2,1-2H3,(H,22,25)/b16-11-. The number of hydrogen-bond donors (Lipinski definition) is 1. The summed E-state index contributed by atoms with van der Waals surface area (Å²) in [6.07, 6.45) is 6.80. The van der Waals surface area contributed by atoms with Crippen molar-refractivity contribution in [2.45, 2.75) is 52.0 Å². The van der Waals surface area contributed by atoms with Crippen LogP contribution < -0.4 is 14.8 Å². The first-order valence-electron chi connectivity index (χ1n) is 9.50. The van der Waals surface area contributed by atoms with Gasteiger partial charge in [0.1, 0.15) is 5.70 Å². The molecule has 2 fully saturated rings. The van der Waals surface area contributed by atoms with Crippen LogP contribution in [-0.2, 0) is 4.79 Å². The van der Waals surface area contributed by atoms with Gasteiger partial charge in [-0.05, 0) is 73.1 Å². The molecule has 1 heterocycles. The fourth-order valence-electron chi connectivity index (χ4n) is 3.60. The second-order valence-electron chi connectivity index (χ2n) is 6.65. The van der Waals surface area contributed by atoms with Gasteiger partial charge in [-0.15, -0.1) is 0 Å². The molecule has 2 aliphatic rings. The van der Waals surface area contributed by atoms with Gasteiger partial charge in [-0.3, -0.25) is 9.69 Å². The molecular weight excluding hydrogens is 459 g/mol. The summed E-state index contributed by atoms with van der Waals surface area (Å²) in [7, 11) is 0. The van der Waals surface area contributed by atoms with Gasteiger partial charge in [0.2, 0.25) is 0 Å². The van der Waals surface area contributed by atoms with E-state index in [1.165, 1.54) is 11.3 Å². The molecule has 1 saturated heterocycles. The quantitative estimate of drug-likeness (QED) is 0.371. The first kappa shape index (κ1) is 20.0. The van der Waals surface area contributed by atoms with Gasteiger partial charge in [0.05, 0.1) is 16.8 Å². The number of amides is 3. The number of hydrogen-bond acceptors (Lipinski definition) is 4. The van der Waals surface area contributed by atoms with Crippen LogP contribution in [0.1, 0.15) is 51.5 Å². The first-order chi connectivity index (χ1) is 13.0. The fourth-order valence-corrected chi connectivity index (χ4v) is 4.39.